The highest BCUT2D eigenvalue weighted by molar-refractivity contribution is 7.68. The van der Waals surface area contributed by atoms with Crippen molar-refractivity contribution in [1.82, 2.24) is 0 Å². The molecule has 4 aromatic rings. The van der Waals surface area contributed by atoms with Crippen LogP contribution in [-0.4, -0.2) is 11.7 Å². The van der Waals surface area contributed by atoms with Gasteiger partial charge in [0.1, 0.15) is 0 Å². The maximum Gasteiger partial charge on any atom is 0.0925 e. The second-order valence-electron chi connectivity index (χ2n) is 9.30. The Hall–Kier alpha value is -2.34. The lowest BCUT2D eigenvalue weighted by atomic mass is 9.85. The van der Waals surface area contributed by atoms with Crippen molar-refractivity contribution in [3.8, 4) is 0 Å². The molecule has 0 aromatic heterocycles. The molecule has 0 bridgehead atoms. The van der Waals surface area contributed by atoms with E-state index in [2.05, 4.69) is 128 Å². The predicted octanol–water partition coefficient (Wildman–Crippen LogP) is 6.82. The summed E-state index contributed by atoms with van der Waals surface area (Å²) in [5.74, 6) is 0. The third-order valence-corrected chi connectivity index (χ3v) is 10.6. The Morgan fingerprint density at radius 3 is 1.43 bits per heavy atom. The molecule has 1 saturated carbocycles. The summed E-state index contributed by atoms with van der Waals surface area (Å²) < 4.78 is 14.0. The fraction of sp³-hybridized carbons (Fsp3) is 0.226. The van der Waals surface area contributed by atoms with E-state index in [0.29, 0.717) is 0 Å². The van der Waals surface area contributed by atoms with Crippen LogP contribution in [0.15, 0.2) is 121 Å². The van der Waals surface area contributed by atoms with E-state index < -0.39 is 16.3 Å². The van der Waals surface area contributed by atoms with Gasteiger partial charge in [0.15, 0.2) is 0 Å². The molecular weight excluding hydrogens is 466 g/mol. The molecule has 1 aliphatic rings. The van der Waals surface area contributed by atoms with E-state index >= 15 is 0 Å². The van der Waals surface area contributed by atoms with Gasteiger partial charge in [-0.15, -0.1) is 0 Å². The van der Waals surface area contributed by atoms with Crippen LogP contribution in [0, 0.1) is 0 Å². The molecule has 0 heterocycles. The summed E-state index contributed by atoms with van der Waals surface area (Å²) in [6.45, 7) is 2.29. The van der Waals surface area contributed by atoms with Crippen molar-refractivity contribution < 1.29 is 9.05 Å². The molecule has 0 spiro atoms. The van der Waals surface area contributed by atoms with Gasteiger partial charge in [-0.2, -0.15) is 0 Å². The summed E-state index contributed by atoms with van der Waals surface area (Å²) in [4.78, 5) is 0. The number of benzene rings is 4. The van der Waals surface area contributed by atoms with Gasteiger partial charge in [-0.05, 0) is 26.2 Å². The number of rotatable bonds is 8. The zero-order valence-electron chi connectivity index (χ0n) is 20.2. The standard InChI is InChI=1S/C31H32O2P2/c1-31(33-35(29-20-10-4-11-21-29)30-22-12-5-13-23-30)24-14-15-26(25-31)32-34(27-16-6-2-7-17-27)28-18-8-3-9-19-28/h2-13,16-23,26H,14-15,24-25H2,1H3. The molecule has 0 amide bonds. The molecule has 4 heteroatoms. The van der Waals surface area contributed by atoms with Crippen molar-refractivity contribution in [2.24, 2.45) is 0 Å². The Balaban J connectivity index is 1.38. The SMILES string of the molecule is CC1(OP(c2ccccc2)c2ccccc2)CCCC(OP(c2ccccc2)c2ccccc2)C1. The molecule has 2 nitrogen and oxygen atoms in total. The summed E-state index contributed by atoms with van der Waals surface area (Å²) in [6.07, 6.45) is 4.32. The first-order chi connectivity index (χ1) is 17.2. The largest absolute Gasteiger partial charge is 0.346 e. The second-order valence-corrected chi connectivity index (χ2v) is 12.9. The van der Waals surface area contributed by atoms with Crippen LogP contribution in [0.25, 0.3) is 0 Å². The zero-order valence-corrected chi connectivity index (χ0v) is 22.0. The fourth-order valence-electron chi connectivity index (χ4n) is 4.71. The highest BCUT2D eigenvalue weighted by Crippen LogP contribution is 2.48. The van der Waals surface area contributed by atoms with Crippen molar-refractivity contribution in [2.45, 2.75) is 44.3 Å². The topological polar surface area (TPSA) is 18.5 Å². The molecule has 0 N–H and O–H groups in total. The van der Waals surface area contributed by atoms with E-state index in [-0.39, 0.29) is 11.7 Å². The van der Waals surface area contributed by atoms with E-state index in [0.717, 1.165) is 25.7 Å². The van der Waals surface area contributed by atoms with Gasteiger partial charge in [-0.1, -0.05) is 121 Å². The lowest BCUT2D eigenvalue weighted by Gasteiger charge is -2.41. The molecule has 0 aliphatic heterocycles. The average molecular weight is 499 g/mol. The van der Waals surface area contributed by atoms with E-state index in [1.54, 1.807) is 0 Å². The van der Waals surface area contributed by atoms with Crippen molar-refractivity contribution in [1.29, 1.82) is 0 Å². The first-order valence-electron chi connectivity index (χ1n) is 12.4. The van der Waals surface area contributed by atoms with Gasteiger partial charge in [-0.25, -0.2) is 0 Å². The fourth-order valence-corrected chi connectivity index (χ4v) is 8.62. The van der Waals surface area contributed by atoms with Gasteiger partial charge in [0, 0.05) is 27.6 Å². The van der Waals surface area contributed by atoms with E-state index in [1.165, 1.54) is 21.2 Å². The van der Waals surface area contributed by atoms with Gasteiger partial charge in [0.25, 0.3) is 0 Å². The molecule has 4 aromatic carbocycles. The molecular formula is C31H32O2P2. The zero-order chi connectivity index (χ0) is 23.9. The minimum atomic E-state index is -0.900. The highest BCUT2D eigenvalue weighted by atomic mass is 31.1. The molecule has 2 atom stereocenters. The second kappa shape index (κ2) is 11.6. The molecule has 5 rings (SSSR count). The van der Waals surface area contributed by atoms with Crippen LogP contribution >= 0.6 is 16.3 Å². The summed E-state index contributed by atoms with van der Waals surface area (Å²) in [5, 5.41) is 5.04. The monoisotopic (exact) mass is 498 g/mol. The van der Waals surface area contributed by atoms with E-state index in [4.69, 9.17) is 9.05 Å². The third kappa shape index (κ3) is 6.27. The number of hydrogen-bond acceptors (Lipinski definition) is 2. The molecule has 35 heavy (non-hydrogen) atoms. The minimum Gasteiger partial charge on any atom is -0.346 e. The molecule has 2 unspecified atom stereocenters. The summed E-state index contributed by atoms with van der Waals surface area (Å²) in [6, 6.07) is 42.7. The van der Waals surface area contributed by atoms with Gasteiger partial charge < -0.3 is 9.05 Å². The van der Waals surface area contributed by atoms with Crippen LogP contribution < -0.4 is 21.2 Å². The van der Waals surface area contributed by atoms with Gasteiger partial charge >= 0.3 is 0 Å². The molecule has 0 saturated heterocycles. The van der Waals surface area contributed by atoms with Crippen molar-refractivity contribution in [3.05, 3.63) is 121 Å². The molecule has 0 radical (unpaired) electrons. The quantitative estimate of drug-likeness (QED) is 0.248. The number of hydrogen-bond donors (Lipinski definition) is 0. The van der Waals surface area contributed by atoms with Crippen molar-refractivity contribution in [2.75, 3.05) is 0 Å². The maximum atomic E-state index is 7.07. The highest BCUT2D eigenvalue weighted by Gasteiger charge is 2.38. The van der Waals surface area contributed by atoms with Crippen LogP contribution in [0.3, 0.4) is 0 Å². The van der Waals surface area contributed by atoms with Crippen LogP contribution in [0.1, 0.15) is 32.6 Å². The Labute approximate surface area is 212 Å². The molecule has 178 valence electrons. The van der Waals surface area contributed by atoms with E-state index in [1.807, 2.05) is 0 Å². The summed E-state index contributed by atoms with van der Waals surface area (Å²) >= 11 is 0. The lowest BCUT2D eigenvalue weighted by molar-refractivity contribution is 0.0110. The van der Waals surface area contributed by atoms with Crippen molar-refractivity contribution in [3.63, 3.8) is 0 Å². The van der Waals surface area contributed by atoms with Crippen LogP contribution in [0.2, 0.25) is 0 Å². The van der Waals surface area contributed by atoms with Crippen LogP contribution in [0.4, 0.5) is 0 Å². The Morgan fingerprint density at radius 2 is 1.00 bits per heavy atom. The minimum absolute atomic E-state index is 0.170. The van der Waals surface area contributed by atoms with Gasteiger partial charge in [0.2, 0.25) is 0 Å². The van der Waals surface area contributed by atoms with Gasteiger partial charge in [-0.3, -0.25) is 0 Å². The average Bonchev–Trinajstić information content (AvgIpc) is 2.92. The summed E-state index contributed by atoms with van der Waals surface area (Å²) in [7, 11) is -1.77. The third-order valence-electron chi connectivity index (χ3n) is 6.42. The van der Waals surface area contributed by atoms with Gasteiger partial charge in [0.05, 0.1) is 28.0 Å². The summed E-state index contributed by atoms with van der Waals surface area (Å²) in [5.41, 5.74) is -0.227. The Morgan fingerprint density at radius 1 is 0.600 bits per heavy atom. The normalized spacial score (nSPS) is 20.3. The Bertz CT molecular complexity index is 1090. The smallest absolute Gasteiger partial charge is 0.0925 e. The van der Waals surface area contributed by atoms with Crippen LogP contribution in [0.5, 0.6) is 0 Å². The first-order valence-corrected chi connectivity index (χ1v) is 14.9. The first kappa shape index (κ1) is 24.4. The van der Waals surface area contributed by atoms with E-state index in [9.17, 15) is 0 Å². The van der Waals surface area contributed by atoms with Crippen LogP contribution in [-0.2, 0) is 9.05 Å². The molecule has 1 fully saturated rings. The Kier molecular flexibility index (Phi) is 8.07. The van der Waals surface area contributed by atoms with Crippen molar-refractivity contribution >= 4 is 37.5 Å². The lowest BCUT2D eigenvalue weighted by Crippen LogP contribution is -2.39. The maximum absolute atomic E-state index is 7.07. The predicted molar refractivity (Wildman–Crippen MR) is 151 cm³/mol. The molecule has 1 aliphatic carbocycles.